The average Bonchev–Trinajstić information content (AvgIpc) is 2.82. The van der Waals surface area contributed by atoms with Gasteiger partial charge in [0, 0.05) is 23.6 Å². The molecule has 1 aromatic carbocycles. The van der Waals surface area contributed by atoms with Crippen molar-refractivity contribution >= 4 is 11.9 Å². The fourth-order valence-electron chi connectivity index (χ4n) is 2.55. The molecule has 1 aliphatic rings. The van der Waals surface area contributed by atoms with Gasteiger partial charge in [-0.1, -0.05) is 0 Å². The monoisotopic (exact) mass is 315 g/mol. The number of esters is 1. The van der Waals surface area contributed by atoms with E-state index in [0.717, 1.165) is 24.3 Å². The molecule has 1 fully saturated rings. The van der Waals surface area contributed by atoms with Crippen LogP contribution in [0.5, 0.6) is 5.75 Å². The SMILES string of the molecule is COC(=O)C1C(=O)N(OC)CC1c1c(F)cc(OC)cc1F. The number of hydroxylamine groups is 2. The summed E-state index contributed by atoms with van der Waals surface area (Å²) in [5, 5.41) is 0.884. The van der Waals surface area contributed by atoms with Gasteiger partial charge in [0.1, 0.15) is 23.3 Å². The zero-order chi connectivity index (χ0) is 16.4. The Bertz CT molecular complexity index is 584. The normalized spacial score (nSPS) is 21.1. The number of benzene rings is 1. The van der Waals surface area contributed by atoms with E-state index in [1.807, 2.05) is 0 Å². The number of rotatable bonds is 4. The largest absolute Gasteiger partial charge is 0.497 e. The van der Waals surface area contributed by atoms with Gasteiger partial charge in [-0.2, -0.15) is 0 Å². The minimum Gasteiger partial charge on any atom is -0.497 e. The van der Waals surface area contributed by atoms with Crippen LogP contribution in [0.1, 0.15) is 11.5 Å². The molecule has 0 bridgehead atoms. The van der Waals surface area contributed by atoms with Gasteiger partial charge < -0.3 is 9.47 Å². The standard InChI is InChI=1S/C14H15F2NO5/c1-20-7-4-9(15)11(10(16)5-7)8-6-17(22-3)13(18)12(8)14(19)21-2/h4-5,8,12H,6H2,1-3H3. The summed E-state index contributed by atoms with van der Waals surface area (Å²) < 4.78 is 37.8. The summed E-state index contributed by atoms with van der Waals surface area (Å²) in [6.07, 6.45) is 0. The molecule has 2 rings (SSSR count). The molecule has 1 aromatic rings. The lowest BCUT2D eigenvalue weighted by molar-refractivity contribution is -0.172. The van der Waals surface area contributed by atoms with E-state index in [4.69, 9.17) is 9.57 Å². The van der Waals surface area contributed by atoms with Gasteiger partial charge >= 0.3 is 5.97 Å². The summed E-state index contributed by atoms with van der Waals surface area (Å²) in [4.78, 5) is 28.7. The van der Waals surface area contributed by atoms with E-state index in [0.29, 0.717) is 0 Å². The lowest BCUT2D eigenvalue weighted by atomic mass is 9.87. The van der Waals surface area contributed by atoms with Gasteiger partial charge in [0.2, 0.25) is 0 Å². The summed E-state index contributed by atoms with van der Waals surface area (Å²) in [6, 6.07) is 1.99. The molecule has 2 unspecified atom stereocenters. The molecule has 2 atom stereocenters. The number of nitrogens with zero attached hydrogens (tertiary/aromatic N) is 1. The molecule has 0 aliphatic carbocycles. The molecule has 22 heavy (non-hydrogen) atoms. The minimum absolute atomic E-state index is 0.00119. The predicted molar refractivity (Wildman–Crippen MR) is 69.9 cm³/mol. The van der Waals surface area contributed by atoms with E-state index >= 15 is 0 Å². The number of ether oxygens (including phenoxy) is 2. The van der Waals surface area contributed by atoms with Crippen molar-refractivity contribution in [1.82, 2.24) is 5.06 Å². The van der Waals surface area contributed by atoms with E-state index in [1.165, 1.54) is 14.2 Å². The van der Waals surface area contributed by atoms with Gasteiger partial charge in [-0.3, -0.25) is 14.4 Å². The Morgan fingerprint density at radius 2 is 1.82 bits per heavy atom. The summed E-state index contributed by atoms with van der Waals surface area (Å²) in [7, 11) is 3.61. The average molecular weight is 315 g/mol. The van der Waals surface area contributed by atoms with Crippen LogP contribution in [0.3, 0.4) is 0 Å². The van der Waals surface area contributed by atoms with Gasteiger partial charge in [-0.15, -0.1) is 0 Å². The quantitative estimate of drug-likeness (QED) is 0.618. The lowest BCUT2D eigenvalue weighted by Gasteiger charge is -2.17. The zero-order valence-corrected chi connectivity index (χ0v) is 12.3. The molecule has 0 saturated carbocycles. The second-order valence-corrected chi connectivity index (χ2v) is 4.69. The van der Waals surface area contributed by atoms with Crippen LogP contribution in [0.25, 0.3) is 0 Å². The first-order valence-electron chi connectivity index (χ1n) is 6.40. The Morgan fingerprint density at radius 1 is 1.23 bits per heavy atom. The van der Waals surface area contributed by atoms with Crippen molar-refractivity contribution in [3.63, 3.8) is 0 Å². The molecule has 0 radical (unpaired) electrons. The number of amides is 1. The van der Waals surface area contributed by atoms with Crippen molar-refractivity contribution in [3.8, 4) is 5.75 Å². The van der Waals surface area contributed by atoms with Gasteiger partial charge in [0.25, 0.3) is 5.91 Å². The van der Waals surface area contributed by atoms with E-state index < -0.39 is 35.3 Å². The molecular weight excluding hydrogens is 300 g/mol. The lowest BCUT2D eigenvalue weighted by Crippen LogP contribution is -2.31. The van der Waals surface area contributed by atoms with Gasteiger partial charge in [-0.25, -0.2) is 13.8 Å². The van der Waals surface area contributed by atoms with Crippen LogP contribution in [-0.4, -0.2) is 44.8 Å². The molecule has 8 heteroatoms. The summed E-state index contributed by atoms with van der Waals surface area (Å²) in [6.45, 7) is -0.157. The molecule has 6 nitrogen and oxygen atoms in total. The van der Waals surface area contributed by atoms with E-state index in [-0.39, 0.29) is 17.9 Å². The molecule has 120 valence electrons. The fourth-order valence-corrected chi connectivity index (χ4v) is 2.55. The van der Waals surface area contributed by atoms with E-state index in [1.54, 1.807) is 0 Å². The van der Waals surface area contributed by atoms with Crippen molar-refractivity contribution in [2.75, 3.05) is 27.9 Å². The number of carbonyl (C=O) groups excluding carboxylic acids is 2. The molecular formula is C14H15F2NO5. The third-order valence-electron chi connectivity index (χ3n) is 3.61. The maximum atomic E-state index is 14.2. The molecule has 1 saturated heterocycles. The Labute approximate surface area is 125 Å². The van der Waals surface area contributed by atoms with Crippen LogP contribution in [0.2, 0.25) is 0 Å². The first-order valence-corrected chi connectivity index (χ1v) is 6.40. The highest BCUT2D eigenvalue weighted by Gasteiger charge is 2.49. The second kappa shape index (κ2) is 6.27. The van der Waals surface area contributed by atoms with Gasteiger partial charge in [-0.05, 0) is 0 Å². The number of carbonyl (C=O) groups is 2. The number of hydrogen-bond acceptors (Lipinski definition) is 5. The Hall–Kier alpha value is -2.22. The van der Waals surface area contributed by atoms with Crippen LogP contribution < -0.4 is 4.74 Å². The van der Waals surface area contributed by atoms with Crippen LogP contribution in [0.4, 0.5) is 8.78 Å². The van der Waals surface area contributed by atoms with E-state index in [9.17, 15) is 18.4 Å². The molecule has 1 heterocycles. The molecule has 1 aliphatic heterocycles. The fraction of sp³-hybridized carbons (Fsp3) is 0.429. The molecule has 0 N–H and O–H groups in total. The molecule has 0 spiro atoms. The number of hydrogen-bond donors (Lipinski definition) is 0. The maximum Gasteiger partial charge on any atom is 0.319 e. The number of halogens is 2. The maximum absolute atomic E-state index is 14.2. The van der Waals surface area contributed by atoms with Crippen molar-refractivity contribution in [2.24, 2.45) is 5.92 Å². The highest BCUT2D eigenvalue weighted by Crippen LogP contribution is 2.38. The van der Waals surface area contributed by atoms with Gasteiger partial charge in [0.05, 0.1) is 27.9 Å². The first kappa shape index (κ1) is 16.2. The van der Waals surface area contributed by atoms with Crippen LogP contribution in [0, 0.1) is 17.6 Å². The van der Waals surface area contributed by atoms with Crippen LogP contribution >= 0.6 is 0 Å². The van der Waals surface area contributed by atoms with Crippen molar-refractivity contribution in [2.45, 2.75) is 5.92 Å². The smallest absolute Gasteiger partial charge is 0.319 e. The van der Waals surface area contributed by atoms with Crippen LogP contribution in [0.15, 0.2) is 12.1 Å². The van der Waals surface area contributed by atoms with Crippen molar-refractivity contribution in [3.05, 3.63) is 29.3 Å². The highest BCUT2D eigenvalue weighted by atomic mass is 19.1. The van der Waals surface area contributed by atoms with Gasteiger partial charge in [0.15, 0.2) is 0 Å². The summed E-state index contributed by atoms with van der Waals surface area (Å²) >= 11 is 0. The third-order valence-corrected chi connectivity index (χ3v) is 3.61. The van der Waals surface area contributed by atoms with Crippen molar-refractivity contribution in [1.29, 1.82) is 0 Å². The summed E-state index contributed by atoms with van der Waals surface area (Å²) in [5.74, 6) is -5.78. The zero-order valence-electron chi connectivity index (χ0n) is 12.3. The summed E-state index contributed by atoms with van der Waals surface area (Å²) in [5.41, 5.74) is -0.371. The Morgan fingerprint density at radius 3 is 2.27 bits per heavy atom. The first-order chi connectivity index (χ1) is 10.4. The highest BCUT2D eigenvalue weighted by molar-refractivity contribution is 6.00. The minimum atomic E-state index is -1.36. The molecule has 0 aromatic heterocycles. The van der Waals surface area contributed by atoms with E-state index in [2.05, 4.69) is 4.74 Å². The van der Waals surface area contributed by atoms with Crippen molar-refractivity contribution < 1.29 is 32.7 Å². The second-order valence-electron chi connectivity index (χ2n) is 4.69. The molecule has 1 amide bonds. The third kappa shape index (κ3) is 2.61. The topological polar surface area (TPSA) is 65.1 Å². The Kier molecular flexibility index (Phi) is 4.60. The number of methoxy groups -OCH3 is 2. The predicted octanol–water partition coefficient (Wildman–Crippen LogP) is 1.25. The Balaban J connectivity index is 2.50. The van der Waals surface area contributed by atoms with Crippen LogP contribution in [-0.2, 0) is 19.2 Å².